The predicted octanol–water partition coefficient (Wildman–Crippen LogP) is 1.54. The van der Waals surface area contributed by atoms with Crippen LogP contribution in [0.25, 0.3) is 0 Å². The van der Waals surface area contributed by atoms with E-state index in [1.165, 1.54) is 12.8 Å². The largest absolute Gasteiger partial charge is 0.328 e. The highest BCUT2D eigenvalue weighted by Gasteiger charge is 2.20. The fraction of sp³-hybridized carbons (Fsp3) is 0.615. The first kappa shape index (κ1) is 12.2. The van der Waals surface area contributed by atoms with E-state index in [0.29, 0.717) is 12.6 Å². The minimum absolute atomic E-state index is 0.0487. The minimum Gasteiger partial charge on any atom is -0.310 e. The molecule has 4 heteroatoms. The van der Waals surface area contributed by atoms with Gasteiger partial charge in [0.05, 0.1) is 0 Å². The molecule has 1 N–H and O–H groups in total. The molecule has 0 spiro atoms. The van der Waals surface area contributed by atoms with Crippen LogP contribution in [0.15, 0.2) is 29.3 Å². The predicted molar refractivity (Wildman–Crippen MR) is 69.2 cm³/mol. The maximum absolute atomic E-state index is 12.0. The molecular formula is C13H21N3O. The first-order valence-corrected chi connectivity index (χ1v) is 6.25. The van der Waals surface area contributed by atoms with E-state index in [-0.39, 0.29) is 11.7 Å². The minimum atomic E-state index is 0.0487. The molecule has 1 aliphatic rings. The van der Waals surface area contributed by atoms with Gasteiger partial charge < -0.3 is 5.32 Å². The van der Waals surface area contributed by atoms with Crippen molar-refractivity contribution in [1.82, 2.24) is 14.5 Å². The van der Waals surface area contributed by atoms with E-state index < -0.39 is 0 Å². The Morgan fingerprint density at radius 1 is 1.53 bits per heavy atom. The van der Waals surface area contributed by atoms with Gasteiger partial charge in [0.25, 0.3) is 0 Å². The van der Waals surface area contributed by atoms with Gasteiger partial charge in [-0.25, -0.2) is 4.79 Å². The molecule has 4 nitrogen and oxygen atoms in total. The van der Waals surface area contributed by atoms with Gasteiger partial charge >= 0.3 is 5.69 Å². The van der Waals surface area contributed by atoms with Crippen LogP contribution >= 0.6 is 0 Å². The number of hydrogen-bond donors (Lipinski definition) is 1. The summed E-state index contributed by atoms with van der Waals surface area (Å²) in [5.74, 6) is 0. The molecule has 2 rings (SSSR count). The molecule has 0 radical (unpaired) electrons. The molecule has 1 aliphatic carbocycles. The molecule has 0 unspecified atom stereocenters. The van der Waals surface area contributed by atoms with E-state index in [9.17, 15) is 4.79 Å². The summed E-state index contributed by atoms with van der Waals surface area (Å²) in [6.07, 6.45) is 6.23. The van der Waals surface area contributed by atoms with Crippen molar-refractivity contribution in [3.05, 3.63) is 35.0 Å². The van der Waals surface area contributed by atoms with Crippen LogP contribution in [0.3, 0.4) is 0 Å². The molecule has 1 aromatic heterocycles. The topological polar surface area (TPSA) is 39.0 Å². The van der Waals surface area contributed by atoms with E-state index in [4.69, 9.17) is 0 Å². The summed E-state index contributed by atoms with van der Waals surface area (Å²) in [6.45, 7) is 9.45. The van der Waals surface area contributed by atoms with Gasteiger partial charge in [-0.1, -0.05) is 6.58 Å². The fourth-order valence-electron chi connectivity index (χ4n) is 1.81. The molecule has 0 aromatic carbocycles. The van der Waals surface area contributed by atoms with Crippen molar-refractivity contribution in [2.24, 2.45) is 0 Å². The summed E-state index contributed by atoms with van der Waals surface area (Å²) >= 11 is 0. The monoisotopic (exact) mass is 235 g/mol. The number of aromatic nitrogens is 2. The fourth-order valence-corrected chi connectivity index (χ4v) is 1.81. The van der Waals surface area contributed by atoms with E-state index in [2.05, 4.69) is 11.9 Å². The highest BCUT2D eigenvalue weighted by atomic mass is 16.1. The second-order valence-electron chi connectivity index (χ2n) is 5.11. The number of rotatable bonds is 6. The standard InChI is InChI=1S/C13H21N3O/c1-10(2)16-7-6-15(13(16)17)9-11(3)8-14-12-4-5-12/h6-7,10,12,14H,3-5,8-9H2,1-2H3. The Morgan fingerprint density at radius 2 is 2.24 bits per heavy atom. The smallest absolute Gasteiger partial charge is 0.310 e. The van der Waals surface area contributed by atoms with E-state index in [1.54, 1.807) is 9.13 Å². The van der Waals surface area contributed by atoms with E-state index >= 15 is 0 Å². The maximum atomic E-state index is 12.0. The molecule has 1 saturated carbocycles. The third-order valence-electron chi connectivity index (χ3n) is 3.04. The average Bonchev–Trinajstić information content (AvgIpc) is 3.02. The number of nitrogens with one attached hydrogen (secondary N) is 1. The molecule has 1 heterocycles. The summed E-state index contributed by atoms with van der Waals surface area (Å²) in [5, 5.41) is 3.40. The van der Waals surface area contributed by atoms with Crippen LogP contribution in [0.5, 0.6) is 0 Å². The Bertz CT molecular complexity index is 451. The molecule has 0 saturated heterocycles. The Morgan fingerprint density at radius 3 is 2.76 bits per heavy atom. The first-order valence-electron chi connectivity index (χ1n) is 6.25. The van der Waals surface area contributed by atoms with Gasteiger partial charge in [-0.15, -0.1) is 0 Å². The van der Waals surface area contributed by atoms with Gasteiger partial charge in [0.1, 0.15) is 0 Å². The third-order valence-corrected chi connectivity index (χ3v) is 3.04. The lowest BCUT2D eigenvalue weighted by Gasteiger charge is -2.08. The summed E-state index contributed by atoms with van der Waals surface area (Å²) in [5.41, 5.74) is 1.10. The quantitative estimate of drug-likeness (QED) is 0.760. The summed E-state index contributed by atoms with van der Waals surface area (Å²) < 4.78 is 3.46. The summed E-state index contributed by atoms with van der Waals surface area (Å²) in [7, 11) is 0. The Hall–Kier alpha value is -1.29. The van der Waals surface area contributed by atoms with Crippen LogP contribution in [0, 0.1) is 0 Å². The molecule has 0 aliphatic heterocycles. The molecular weight excluding hydrogens is 214 g/mol. The van der Waals surface area contributed by atoms with Crippen molar-refractivity contribution < 1.29 is 0 Å². The average molecular weight is 235 g/mol. The highest BCUT2D eigenvalue weighted by Crippen LogP contribution is 2.18. The van der Waals surface area contributed by atoms with Gasteiger partial charge in [-0.2, -0.15) is 0 Å². The van der Waals surface area contributed by atoms with Crippen LogP contribution in [-0.4, -0.2) is 21.7 Å². The third kappa shape index (κ3) is 3.09. The maximum Gasteiger partial charge on any atom is 0.328 e. The first-order chi connectivity index (χ1) is 8.08. The highest BCUT2D eigenvalue weighted by molar-refractivity contribution is 5.01. The van der Waals surface area contributed by atoms with Gasteiger partial charge in [-0.3, -0.25) is 9.13 Å². The van der Waals surface area contributed by atoms with Crippen molar-refractivity contribution in [3.63, 3.8) is 0 Å². The van der Waals surface area contributed by atoms with Crippen molar-refractivity contribution in [2.75, 3.05) is 6.54 Å². The zero-order valence-corrected chi connectivity index (χ0v) is 10.6. The van der Waals surface area contributed by atoms with Gasteiger partial charge in [-0.05, 0) is 32.3 Å². The molecule has 1 aromatic rings. The summed E-state index contributed by atoms with van der Waals surface area (Å²) in [6, 6.07) is 0.894. The van der Waals surface area contributed by atoms with Crippen molar-refractivity contribution >= 4 is 0 Å². The molecule has 0 bridgehead atoms. The Balaban J connectivity index is 1.93. The Kier molecular flexibility index (Phi) is 3.52. The van der Waals surface area contributed by atoms with Crippen LogP contribution in [0.2, 0.25) is 0 Å². The number of imidazole rings is 1. The van der Waals surface area contributed by atoms with Crippen molar-refractivity contribution in [3.8, 4) is 0 Å². The van der Waals surface area contributed by atoms with Crippen LogP contribution in [-0.2, 0) is 6.54 Å². The normalized spacial score (nSPS) is 15.5. The zero-order valence-electron chi connectivity index (χ0n) is 10.6. The van der Waals surface area contributed by atoms with Gasteiger partial charge in [0.2, 0.25) is 0 Å². The Labute approximate surface area is 102 Å². The van der Waals surface area contributed by atoms with Crippen molar-refractivity contribution in [2.45, 2.75) is 45.3 Å². The van der Waals surface area contributed by atoms with Crippen LogP contribution in [0.1, 0.15) is 32.7 Å². The lowest BCUT2D eigenvalue weighted by molar-refractivity contribution is 0.557. The van der Waals surface area contributed by atoms with Gasteiger partial charge in [0, 0.05) is 37.6 Å². The molecule has 17 heavy (non-hydrogen) atoms. The SMILES string of the molecule is C=C(CNC1CC1)Cn1ccn(C(C)C)c1=O. The van der Waals surface area contributed by atoms with Gasteiger partial charge in [0.15, 0.2) is 0 Å². The second kappa shape index (κ2) is 4.92. The molecule has 0 atom stereocenters. The van der Waals surface area contributed by atoms with Crippen molar-refractivity contribution in [1.29, 1.82) is 0 Å². The van der Waals surface area contributed by atoms with Crippen LogP contribution < -0.4 is 11.0 Å². The van der Waals surface area contributed by atoms with E-state index in [0.717, 1.165) is 12.1 Å². The molecule has 94 valence electrons. The van der Waals surface area contributed by atoms with E-state index in [1.807, 2.05) is 26.2 Å². The van der Waals surface area contributed by atoms with Crippen LogP contribution in [0.4, 0.5) is 0 Å². The zero-order chi connectivity index (χ0) is 12.4. The molecule has 0 amide bonds. The second-order valence-corrected chi connectivity index (χ2v) is 5.11. The molecule has 1 fully saturated rings. The lowest BCUT2D eigenvalue weighted by Crippen LogP contribution is -2.28. The summed E-state index contributed by atoms with van der Waals surface area (Å²) in [4.78, 5) is 12.0. The lowest BCUT2D eigenvalue weighted by atomic mass is 10.3. The number of hydrogen-bond acceptors (Lipinski definition) is 2. The number of nitrogens with zero attached hydrogens (tertiary/aromatic N) is 2.